The molecule has 0 spiro atoms. The Morgan fingerprint density at radius 3 is 2.34 bits per heavy atom. The van der Waals surface area contributed by atoms with Crippen LogP contribution in [0.1, 0.15) is 51.3 Å². The van der Waals surface area contributed by atoms with Gasteiger partial charge in [-0.3, -0.25) is 33.7 Å². The first-order chi connectivity index (χ1) is 29.4. The minimum absolute atomic E-state index is 0.208. The number of aryl methyl sites for hydroxylation is 1. The molecule has 9 rings (SSSR count). The first-order valence-corrected chi connectivity index (χ1v) is 20.8. The Labute approximate surface area is 351 Å². The van der Waals surface area contributed by atoms with Gasteiger partial charge < -0.3 is 20.2 Å². The number of carbonyl (C=O) groups is 2. The van der Waals surface area contributed by atoms with Crippen molar-refractivity contribution in [2.24, 2.45) is 7.05 Å². The molecule has 1 unspecified atom stereocenters. The molecule has 0 saturated carbocycles. The van der Waals surface area contributed by atoms with Crippen LogP contribution in [0.15, 0.2) is 89.1 Å². The quantitative estimate of drug-likeness (QED) is 0.135. The number of anilines is 4. The van der Waals surface area contributed by atoms with Gasteiger partial charge in [0.2, 0.25) is 17.8 Å². The number of piperidine rings is 2. The maximum Gasteiger partial charge on any atom is 0.329 e. The summed E-state index contributed by atoms with van der Waals surface area (Å²) in [5, 5.41) is 16.7. The number of aliphatic hydroxyl groups is 1. The number of pyridine rings is 1. The second-order valence-corrected chi connectivity index (χ2v) is 16.6. The van der Waals surface area contributed by atoms with E-state index in [-0.39, 0.29) is 30.1 Å². The van der Waals surface area contributed by atoms with Crippen molar-refractivity contribution in [2.75, 3.05) is 54.4 Å². The van der Waals surface area contributed by atoms with Crippen molar-refractivity contribution in [1.82, 2.24) is 43.7 Å². The fourth-order valence-electron chi connectivity index (χ4n) is 9.10. The molecule has 0 aliphatic carbocycles. The maximum absolute atomic E-state index is 13.5. The zero-order chi connectivity index (χ0) is 42.6. The lowest BCUT2D eigenvalue weighted by Gasteiger charge is -2.44. The molecule has 7 heterocycles. The van der Waals surface area contributed by atoms with E-state index in [4.69, 9.17) is 4.98 Å². The van der Waals surface area contributed by atoms with Crippen molar-refractivity contribution < 1.29 is 14.7 Å². The molecule has 3 N–H and O–H groups in total. The number of para-hydroxylation sites is 1. The lowest BCUT2D eigenvalue weighted by molar-refractivity contribution is -0.135. The lowest BCUT2D eigenvalue weighted by atomic mass is 10.0. The van der Waals surface area contributed by atoms with Crippen LogP contribution in [0, 0.1) is 0 Å². The van der Waals surface area contributed by atoms with E-state index in [0.717, 1.165) is 74.7 Å². The number of carbonyl (C=O) groups excluding carboxylic acids is 2. The van der Waals surface area contributed by atoms with Crippen molar-refractivity contribution in [1.29, 1.82) is 0 Å². The van der Waals surface area contributed by atoms with Gasteiger partial charge in [0.25, 0.3) is 5.56 Å². The third kappa shape index (κ3) is 7.37. The molecule has 17 nitrogen and oxygen atoms in total. The molecule has 3 fully saturated rings. The maximum atomic E-state index is 13.5. The molecule has 2 amide bonds. The minimum Gasteiger partial charge on any atom is -0.384 e. The van der Waals surface area contributed by atoms with Gasteiger partial charge in [0.05, 0.1) is 29.0 Å². The van der Waals surface area contributed by atoms with Crippen molar-refractivity contribution in [3.8, 4) is 5.82 Å². The molecule has 17 heteroatoms. The van der Waals surface area contributed by atoms with Gasteiger partial charge in [-0.05, 0) is 81.6 Å². The molecule has 316 valence electrons. The third-order valence-corrected chi connectivity index (χ3v) is 12.3. The highest BCUT2D eigenvalue weighted by molar-refractivity contribution is 6.00. The normalized spacial score (nSPS) is 18.3. The summed E-state index contributed by atoms with van der Waals surface area (Å²) >= 11 is 0. The number of imidazole rings is 1. The van der Waals surface area contributed by atoms with E-state index in [1.165, 1.54) is 10.9 Å². The minimum atomic E-state index is -1.18. The first-order valence-electron chi connectivity index (χ1n) is 20.8. The number of piperazine rings is 1. The van der Waals surface area contributed by atoms with Gasteiger partial charge in [0.1, 0.15) is 17.0 Å². The average Bonchev–Trinajstić information content (AvgIpc) is 3.68. The predicted molar refractivity (Wildman–Crippen MR) is 234 cm³/mol. The van der Waals surface area contributed by atoms with Crippen LogP contribution in [-0.4, -0.2) is 101 Å². The molecule has 2 aromatic carbocycles. The Kier molecular flexibility index (Phi) is 10.3. The van der Waals surface area contributed by atoms with Gasteiger partial charge in [-0.15, -0.1) is 6.58 Å². The predicted octanol–water partition coefficient (Wildman–Crippen LogP) is 3.56. The Balaban J connectivity index is 0.836. The second kappa shape index (κ2) is 15.8. The van der Waals surface area contributed by atoms with Crippen LogP contribution in [0.3, 0.4) is 0 Å². The zero-order valence-corrected chi connectivity index (χ0v) is 34.6. The van der Waals surface area contributed by atoms with Crippen LogP contribution >= 0.6 is 0 Å². The number of aromatic nitrogens is 7. The smallest absolute Gasteiger partial charge is 0.329 e. The highest BCUT2D eigenvalue weighted by Gasteiger charge is 2.33. The zero-order valence-electron chi connectivity index (χ0n) is 34.6. The van der Waals surface area contributed by atoms with Crippen LogP contribution in [-0.2, 0) is 28.8 Å². The van der Waals surface area contributed by atoms with Gasteiger partial charge in [0, 0.05) is 76.4 Å². The highest BCUT2D eigenvalue weighted by Crippen LogP contribution is 2.32. The van der Waals surface area contributed by atoms with E-state index >= 15 is 0 Å². The number of imide groups is 1. The summed E-state index contributed by atoms with van der Waals surface area (Å²) in [6.45, 7) is 12.7. The molecule has 6 aromatic rings. The number of nitrogens with one attached hydrogen (secondary N) is 2. The number of hydrogen-bond acceptors (Lipinski definition) is 12. The lowest BCUT2D eigenvalue weighted by Crippen LogP contribution is -2.53. The van der Waals surface area contributed by atoms with Gasteiger partial charge in [-0.2, -0.15) is 4.98 Å². The number of hydrogen-bond donors (Lipinski definition) is 3. The summed E-state index contributed by atoms with van der Waals surface area (Å²) in [6, 6.07) is 19.2. The standard InChI is InChI=1S/C44H50N12O5/c1-5-20-54-41(59)31-27-45-42(49-39(31)56(54)36-11-7-10-35(47-36)44(2,3)61)46-28-12-14-29(15-13-28)51-21-18-30(19-22-51)52-23-25-53(26-24-52)32-8-6-9-33-38(32)50(4)43(60)55(33)34-16-17-37(57)48-40(34)58/h5-15,27,30,34,61H,1,16-26H2,2-4H3,(H,45,46,49)(H,48,57,58). The van der Waals surface area contributed by atoms with Crippen molar-refractivity contribution in [3.63, 3.8) is 0 Å². The number of rotatable bonds is 10. The van der Waals surface area contributed by atoms with E-state index in [0.29, 0.717) is 46.5 Å². The Morgan fingerprint density at radius 2 is 1.64 bits per heavy atom. The third-order valence-electron chi connectivity index (χ3n) is 12.3. The summed E-state index contributed by atoms with van der Waals surface area (Å²) in [6.07, 6.45) is 5.77. The molecule has 3 saturated heterocycles. The molecule has 1 atom stereocenters. The van der Waals surface area contributed by atoms with Crippen molar-refractivity contribution in [2.45, 2.75) is 63.8 Å². The molecular weight excluding hydrogens is 777 g/mol. The molecule has 61 heavy (non-hydrogen) atoms. The Morgan fingerprint density at radius 1 is 0.902 bits per heavy atom. The number of amides is 2. The Hall–Kier alpha value is -6.59. The summed E-state index contributed by atoms with van der Waals surface area (Å²) < 4.78 is 6.33. The number of benzene rings is 2. The largest absolute Gasteiger partial charge is 0.384 e. The topological polar surface area (TPSA) is 181 Å². The monoisotopic (exact) mass is 826 g/mol. The van der Waals surface area contributed by atoms with Crippen LogP contribution < -0.4 is 31.7 Å². The van der Waals surface area contributed by atoms with Crippen molar-refractivity contribution in [3.05, 3.63) is 106 Å². The molecule has 0 bridgehead atoms. The van der Waals surface area contributed by atoms with Crippen LogP contribution in [0.5, 0.6) is 0 Å². The molecular formula is C44H50N12O5. The molecule has 3 aliphatic heterocycles. The van der Waals surface area contributed by atoms with E-state index in [1.807, 2.05) is 24.3 Å². The average molecular weight is 827 g/mol. The molecule has 4 aromatic heterocycles. The van der Waals surface area contributed by atoms with E-state index in [1.54, 1.807) is 59.0 Å². The summed E-state index contributed by atoms with van der Waals surface area (Å²) in [5.41, 5.74) is 3.59. The van der Waals surface area contributed by atoms with Crippen LogP contribution in [0.2, 0.25) is 0 Å². The van der Waals surface area contributed by atoms with E-state index in [2.05, 4.69) is 60.1 Å². The SMILES string of the molecule is C=CCn1c(=O)c2cnc(Nc3ccc(N4CCC(N5CCN(c6cccc7c6n(C)c(=O)n7C6CCC(=O)NC6=O)CC5)CC4)cc3)nc2n1-c1cccc(C(C)(C)O)n1. The fraction of sp³-hybridized carbons (Fsp3) is 0.386. The van der Waals surface area contributed by atoms with Gasteiger partial charge in [-0.1, -0.05) is 18.2 Å². The van der Waals surface area contributed by atoms with Gasteiger partial charge >= 0.3 is 5.69 Å². The summed E-state index contributed by atoms with van der Waals surface area (Å²) in [5.74, 6) is 0.0381. The Bertz CT molecular complexity index is 2780. The number of fused-ring (bicyclic) bond motifs is 2. The summed E-state index contributed by atoms with van der Waals surface area (Å²) in [4.78, 5) is 72.7. The fourth-order valence-corrected chi connectivity index (χ4v) is 9.10. The van der Waals surface area contributed by atoms with Gasteiger partial charge in [0.15, 0.2) is 11.5 Å². The number of allylic oxidation sites excluding steroid dienone is 1. The van der Waals surface area contributed by atoms with Crippen molar-refractivity contribution >= 4 is 56.9 Å². The molecule has 3 aliphatic rings. The van der Waals surface area contributed by atoms with E-state index < -0.39 is 17.6 Å². The van der Waals surface area contributed by atoms with Crippen LogP contribution in [0.25, 0.3) is 27.9 Å². The van der Waals surface area contributed by atoms with Crippen LogP contribution in [0.4, 0.5) is 23.0 Å². The highest BCUT2D eigenvalue weighted by atomic mass is 16.3. The van der Waals surface area contributed by atoms with Gasteiger partial charge in [-0.25, -0.2) is 24.1 Å². The summed E-state index contributed by atoms with van der Waals surface area (Å²) in [7, 11) is 1.75. The number of nitrogens with zero attached hydrogens (tertiary/aromatic N) is 10. The molecule has 0 radical (unpaired) electrons. The first kappa shape index (κ1) is 39.8. The van der Waals surface area contributed by atoms with E-state index in [9.17, 15) is 24.3 Å². The second-order valence-electron chi connectivity index (χ2n) is 16.6.